The van der Waals surface area contributed by atoms with E-state index < -0.39 is 17.3 Å². The summed E-state index contributed by atoms with van der Waals surface area (Å²) in [4.78, 5) is 16.0. The SMILES string of the molecule is N#CC1(c2cc(Nc3nc(N)nc(-n4ccc(C(F)(F)F)n4)n3)ccn2)CC1. The Hall–Kier alpha value is -3.75. The molecule has 0 unspecified atom stereocenters. The molecule has 1 aliphatic rings. The van der Waals surface area contributed by atoms with Crippen molar-refractivity contribution in [2.45, 2.75) is 24.4 Å². The second kappa shape index (κ2) is 6.15. The van der Waals surface area contributed by atoms with Gasteiger partial charge in [0.05, 0.1) is 17.2 Å². The van der Waals surface area contributed by atoms with Gasteiger partial charge in [0.25, 0.3) is 5.95 Å². The molecule has 4 rings (SSSR count). The summed E-state index contributed by atoms with van der Waals surface area (Å²) in [5.41, 5.74) is 5.19. The predicted molar refractivity (Wildman–Crippen MR) is 90.4 cm³/mol. The summed E-state index contributed by atoms with van der Waals surface area (Å²) in [6.07, 6.45) is -0.482. The first-order valence-electron chi connectivity index (χ1n) is 8.09. The van der Waals surface area contributed by atoms with E-state index in [2.05, 4.69) is 36.4 Å². The average Bonchev–Trinajstić information content (AvgIpc) is 3.27. The Bertz CT molecular complexity index is 1080. The predicted octanol–water partition coefficient (Wildman–Crippen LogP) is 2.35. The number of hydrogen-bond acceptors (Lipinski definition) is 8. The summed E-state index contributed by atoms with van der Waals surface area (Å²) in [6, 6.07) is 6.41. The van der Waals surface area contributed by atoms with Gasteiger partial charge in [-0.15, -0.1) is 0 Å². The second-order valence-corrected chi connectivity index (χ2v) is 6.21. The molecular weight excluding hydrogens is 375 g/mol. The summed E-state index contributed by atoms with van der Waals surface area (Å²) in [5.74, 6) is -0.345. The van der Waals surface area contributed by atoms with Crippen molar-refractivity contribution in [3.63, 3.8) is 0 Å². The van der Waals surface area contributed by atoms with Crippen molar-refractivity contribution in [2.75, 3.05) is 11.1 Å². The molecule has 0 aromatic carbocycles. The van der Waals surface area contributed by atoms with Crippen LogP contribution in [0.3, 0.4) is 0 Å². The summed E-state index contributed by atoms with van der Waals surface area (Å²) < 4.78 is 39.1. The van der Waals surface area contributed by atoms with Crippen LogP contribution < -0.4 is 11.1 Å². The maximum atomic E-state index is 12.7. The maximum absolute atomic E-state index is 12.7. The van der Waals surface area contributed by atoms with Crippen LogP contribution in [0.25, 0.3) is 5.95 Å². The van der Waals surface area contributed by atoms with Gasteiger partial charge >= 0.3 is 6.18 Å². The first kappa shape index (κ1) is 17.7. The minimum absolute atomic E-state index is 0.0190. The molecule has 3 N–H and O–H groups in total. The van der Waals surface area contributed by atoms with Gasteiger partial charge in [0.2, 0.25) is 11.9 Å². The fraction of sp³-hybridized carbons (Fsp3) is 0.250. The van der Waals surface area contributed by atoms with E-state index in [1.807, 2.05) is 0 Å². The molecule has 0 aliphatic heterocycles. The lowest BCUT2D eigenvalue weighted by Gasteiger charge is -2.10. The molecule has 9 nitrogen and oxygen atoms in total. The van der Waals surface area contributed by atoms with Crippen LogP contribution >= 0.6 is 0 Å². The molecule has 0 spiro atoms. The van der Waals surface area contributed by atoms with E-state index >= 15 is 0 Å². The minimum Gasteiger partial charge on any atom is -0.368 e. The lowest BCUT2D eigenvalue weighted by molar-refractivity contribution is -0.141. The minimum atomic E-state index is -4.59. The van der Waals surface area contributed by atoms with Crippen molar-refractivity contribution in [2.24, 2.45) is 0 Å². The van der Waals surface area contributed by atoms with Crippen LogP contribution in [-0.4, -0.2) is 29.7 Å². The van der Waals surface area contributed by atoms with Crippen LogP contribution in [0, 0.1) is 11.3 Å². The third-order valence-electron chi connectivity index (χ3n) is 4.20. The Labute approximate surface area is 156 Å². The van der Waals surface area contributed by atoms with E-state index in [9.17, 15) is 18.4 Å². The standard InChI is InChI=1S/C16H12F3N9/c17-16(18,19)10-2-6-28(27-10)14-25-12(21)24-13(26-14)23-9-1-5-22-11(7-9)15(8-20)3-4-15/h1-2,5-7H,3-4H2,(H3,21,22,23,24,25,26). The number of aromatic nitrogens is 6. The van der Waals surface area contributed by atoms with Gasteiger partial charge in [-0.3, -0.25) is 4.98 Å². The largest absolute Gasteiger partial charge is 0.435 e. The Morgan fingerprint density at radius 3 is 2.64 bits per heavy atom. The first-order chi connectivity index (χ1) is 13.3. The average molecular weight is 387 g/mol. The van der Waals surface area contributed by atoms with Gasteiger partial charge in [0.15, 0.2) is 5.69 Å². The van der Waals surface area contributed by atoms with Gasteiger partial charge in [0.1, 0.15) is 0 Å². The lowest BCUT2D eigenvalue weighted by Crippen LogP contribution is -2.12. The van der Waals surface area contributed by atoms with Gasteiger partial charge in [-0.25, -0.2) is 4.68 Å². The molecule has 3 aromatic heterocycles. The number of anilines is 3. The molecule has 28 heavy (non-hydrogen) atoms. The van der Waals surface area contributed by atoms with Crippen molar-refractivity contribution >= 4 is 17.6 Å². The van der Waals surface area contributed by atoms with Crippen LogP contribution in [0.4, 0.5) is 30.8 Å². The smallest absolute Gasteiger partial charge is 0.368 e. The maximum Gasteiger partial charge on any atom is 0.435 e. The molecule has 0 bridgehead atoms. The highest BCUT2D eigenvalue weighted by atomic mass is 19.4. The zero-order valence-corrected chi connectivity index (χ0v) is 14.1. The number of hydrogen-bond donors (Lipinski definition) is 2. The molecule has 12 heteroatoms. The number of nitrogens with one attached hydrogen (secondary N) is 1. The highest BCUT2D eigenvalue weighted by Gasteiger charge is 2.46. The molecule has 3 aromatic rings. The number of nitrogen functional groups attached to an aromatic ring is 1. The fourth-order valence-corrected chi connectivity index (χ4v) is 2.57. The highest BCUT2D eigenvalue weighted by molar-refractivity contribution is 5.56. The number of nitriles is 1. The van der Waals surface area contributed by atoms with Gasteiger partial charge < -0.3 is 11.1 Å². The molecule has 3 heterocycles. The number of nitrogens with two attached hydrogens (primary N) is 1. The van der Waals surface area contributed by atoms with E-state index in [0.717, 1.165) is 29.8 Å². The molecule has 0 saturated heterocycles. The molecule has 0 radical (unpaired) electrons. The van der Waals surface area contributed by atoms with Crippen LogP contribution in [0.1, 0.15) is 24.2 Å². The highest BCUT2D eigenvalue weighted by Crippen LogP contribution is 2.47. The van der Waals surface area contributed by atoms with Crippen molar-refractivity contribution in [3.8, 4) is 12.0 Å². The lowest BCUT2D eigenvalue weighted by atomic mass is 10.0. The summed E-state index contributed by atoms with van der Waals surface area (Å²) in [5, 5.41) is 15.6. The Morgan fingerprint density at radius 2 is 2.00 bits per heavy atom. The first-order valence-corrected chi connectivity index (χ1v) is 8.09. The Balaban J connectivity index is 1.63. The molecule has 142 valence electrons. The van der Waals surface area contributed by atoms with E-state index in [1.165, 1.54) is 0 Å². The van der Waals surface area contributed by atoms with Crippen molar-refractivity contribution in [1.82, 2.24) is 29.7 Å². The third-order valence-corrected chi connectivity index (χ3v) is 4.20. The summed E-state index contributed by atoms with van der Waals surface area (Å²) >= 11 is 0. The van der Waals surface area contributed by atoms with Crippen LogP contribution in [0.15, 0.2) is 30.6 Å². The fourth-order valence-electron chi connectivity index (χ4n) is 2.57. The Kier molecular flexibility index (Phi) is 3.88. The van der Waals surface area contributed by atoms with Crippen molar-refractivity contribution in [3.05, 3.63) is 42.0 Å². The monoisotopic (exact) mass is 387 g/mol. The number of alkyl halides is 3. The molecule has 0 atom stereocenters. The quantitative estimate of drug-likeness (QED) is 0.697. The number of halogens is 3. The number of rotatable bonds is 4. The molecule has 0 amide bonds. The third kappa shape index (κ3) is 3.29. The van der Waals surface area contributed by atoms with E-state index in [0.29, 0.717) is 11.4 Å². The second-order valence-electron chi connectivity index (χ2n) is 6.21. The van der Waals surface area contributed by atoms with Crippen LogP contribution in [-0.2, 0) is 11.6 Å². The van der Waals surface area contributed by atoms with Crippen molar-refractivity contribution < 1.29 is 13.2 Å². The van der Waals surface area contributed by atoms with Gasteiger partial charge in [0, 0.05) is 18.1 Å². The number of nitrogens with zero attached hydrogens (tertiary/aromatic N) is 7. The van der Waals surface area contributed by atoms with Crippen LogP contribution in [0.5, 0.6) is 0 Å². The van der Waals surface area contributed by atoms with E-state index in [4.69, 9.17) is 5.73 Å². The van der Waals surface area contributed by atoms with Gasteiger partial charge in [-0.05, 0) is 31.0 Å². The van der Waals surface area contributed by atoms with Crippen molar-refractivity contribution in [1.29, 1.82) is 5.26 Å². The zero-order valence-electron chi connectivity index (χ0n) is 14.1. The van der Waals surface area contributed by atoms with Gasteiger partial charge in [-0.2, -0.15) is 38.5 Å². The summed E-state index contributed by atoms with van der Waals surface area (Å²) in [6.45, 7) is 0. The van der Waals surface area contributed by atoms with E-state index in [-0.39, 0.29) is 17.8 Å². The van der Waals surface area contributed by atoms with Gasteiger partial charge in [-0.1, -0.05) is 0 Å². The Morgan fingerprint density at radius 1 is 1.21 bits per heavy atom. The molecule has 1 fully saturated rings. The van der Waals surface area contributed by atoms with E-state index in [1.54, 1.807) is 18.3 Å². The number of pyridine rings is 1. The van der Waals surface area contributed by atoms with Crippen LogP contribution in [0.2, 0.25) is 0 Å². The summed E-state index contributed by atoms with van der Waals surface area (Å²) in [7, 11) is 0. The zero-order chi connectivity index (χ0) is 19.9. The molecule has 1 saturated carbocycles. The normalized spacial score (nSPS) is 15.1. The molecule has 1 aliphatic carbocycles. The molecular formula is C16H12F3N9. The topological polar surface area (TPSA) is 131 Å².